The number of phenols is 1. The first kappa shape index (κ1) is 12.0. The van der Waals surface area contributed by atoms with E-state index in [1.165, 1.54) is 0 Å². The molecule has 3 heteroatoms. The normalized spacial score (nSPS) is 12.2. The summed E-state index contributed by atoms with van der Waals surface area (Å²) in [7, 11) is 0. The van der Waals surface area contributed by atoms with Crippen LogP contribution in [-0.2, 0) is 13.0 Å². The molecular formula is C14H19NO2. The molecule has 17 heavy (non-hydrogen) atoms. The third-order valence-electron chi connectivity index (χ3n) is 2.91. The van der Waals surface area contributed by atoms with E-state index in [9.17, 15) is 10.2 Å². The van der Waals surface area contributed by atoms with Gasteiger partial charge in [0.25, 0.3) is 0 Å². The summed E-state index contributed by atoms with van der Waals surface area (Å²) in [5.41, 5.74) is 1.42. The number of aromatic nitrogens is 1. The summed E-state index contributed by atoms with van der Waals surface area (Å²) in [6, 6.07) is 5.38. The van der Waals surface area contributed by atoms with Crippen LogP contribution in [0.5, 0.6) is 5.75 Å². The summed E-state index contributed by atoms with van der Waals surface area (Å²) in [4.78, 5) is 0. The van der Waals surface area contributed by atoms with Gasteiger partial charge in [0.1, 0.15) is 5.75 Å². The monoisotopic (exact) mass is 233 g/mol. The van der Waals surface area contributed by atoms with Crippen molar-refractivity contribution in [1.29, 1.82) is 0 Å². The molecule has 0 atom stereocenters. The number of benzene rings is 1. The van der Waals surface area contributed by atoms with Crippen molar-refractivity contribution in [3.63, 3.8) is 0 Å². The number of aliphatic hydroxyl groups is 1. The van der Waals surface area contributed by atoms with E-state index in [1.807, 2.05) is 19.9 Å². The fraction of sp³-hybridized carbons (Fsp3) is 0.429. The molecule has 3 nitrogen and oxygen atoms in total. The summed E-state index contributed by atoms with van der Waals surface area (Å²) in [5.74, 6) is 0.278. The van der Waals surface area contributed by atoms with Crippen LogP contribution in [0.4, 0.5) is 0 Å². The van der Waals surface area contributed by atoms with Crippen molar-refractivity contribution in [2.24, 2.45) is 0 Å². The van der Waals surface area contributed by atoms with Crippen LogP contribution in [0, 0.1) is 0 Å². The number of hydrogen-bond acceptors (Lipinski definition) is 2. The third kappa shape index (κ3) is 2.44. The minimum atomic E-state index is -0.718. The second-order valence-corrected chi connectivity index (χ2v) is 5.13. The van der Waals surface area contributed by atoms with Crippen LogP contribution in [-0.4, -0.2) is 20.4 Å². The van der Waals surface area contributed by atoms with Crippen molar-refractivity contribution < 1.29 is 10.2 Å². The fourth-order valence-corrected chi connectivity index (χ4v) is 2.22. The van der Waals surface area contributed by atoms with Gasteiger partial charge in [-0.05, 0) is 38.5 Å². The average Bonchev–Trinajstić information content (AvgIpc) is 2.53. The molecule has 0 aliphatic rings. The molecule has 1 heterocycles. The summed E-state index contributed by atoms with van der Waals surface area (Å²) >= 11 is 0. The number of hydrogen-bond donors (Lipinski definition) is 2. The Bertz CT molecular complexity index is 535. The zero-order chi connectivity index (χ0) is 12.6. The Balaban J connectivity index is 2.57. The number of aryl methyl sites for hydroxylation is 1. The molecule has 2 rings (SSSR count). The summed E-state index contributed by atoms with van der Waals surface area (Å²) in [5, 5.41) is 20.5. The quantitative estimate of drug-likeness (QED) is 0.856. The molecule has 92 valence electrons. The summed E-state index contributed by atoms with van der Waals surface area (Å²) in [6.45, 7) is 6.54. The lowest BCUT2D eigenvalue weighted by molar-refractivity contribution is 0.0813. The Morgan fingerprint density at radius 2 is 2.00 bits per heavy atom. The lowest BCUT2D eigenvalue weighted by Crippen LogP contribution is -2.21. The Morgan fingerprint density at radius 1 is 1.29 bits per heavy atom. The maximum Gasteiger partial charge on any atom is 0.117 e. The molecule has 0 spiro atoms. The molecule has 0 aliphatic carbocycles. The van der Waals surface area contributed by atoms with E-state index < -0.39 is 5.60 Å². The molecule has 0 unspecified atom stereocenters. The van der Waals surface area contributed by atoms with E-state index in [0.717, 1.165) is 23.0 Å². The van der Waals surface area contributed by atoms with Gasteiger partial charge in [0, 0.05) is 30.6 Å². The fourth-order valence-electron chi connectivity index (χ4n) is 2.22. The van der Waals surface area contributed by atoms with E-state index in [2.05, 4.69) is 17.7 Å². The van der Waals surface area contributed by atoms with Gasteiger partial charge in [0.2, 0.25) is 0 Å². The van der Waals surface area contributed by atoms with Crippen LogP contribution in [0.25, 0.3) is 10.9 Å². The minimum absolute atomic E-state index is 0.278. The van der Waals surface area contributed by atoms with Crippen LogP contribution in [0.3, 0.4) is 0 Å². The first-order chi connectivity index (χ1) is 7.90. The van der Waals surface area contributed by atoms with Crippen molar-refractivity contribution >= 4 is 10.9 Å². The molecule has 0 bridgehead atoms. The van der Waals surface area contributed by atoms with Crippen LogP contribution >= 0.6 is 0 Å². The molecule has 2 aromatic rings. The molecule has 0 aliphatic heterocycles. The van der Waals surface area contributed by atoms with Gasteiger partial charge >= 0.3 is 0 Å². The van der Waals surface area contributed by atoms with Crippen molar-refractivity contribution in [3.8, 4) is 5.75 Å². The molecule has 1 aromatic heterocycles. The highest BCUT2D eigenvalue weighted by molar-refractivity contribution is 5.85. The van der Waals surface area contributed by atoms with Gasteiger partial charge in [0.05, 0.1) is 11.1 Å². The van der Waals surface area contributed by atoms with Crippen molar-refractivity contribution in [3.05, 3.63) is 30.0 Å². The topological polar surface area (TPSA) is 45.4 Å². The largest absolute Gasteiger partial charge is 0.508 e. The molecule has 0 radical (unpaired) electrons. The molecule has 1 aromatic carbocycles. The lowest BCUT2D eigenvalue weighted by atomic mass is 9.98. The third-order valence-corrected chi connectivity index (χ3v) is 2.91. The number of phenolic OH excluding ortho intramolecular Hbond substituents is 1. The molecule has 2 N–H and O–H groups in total. The molecule has 0 saturated heterocycles. The van der Waals surface area contributed by atoms with Gasteiger partial charge < -0.3 is 14.8 Å². The number of aromatic hydroxyl groups is 1. The Kier molecular flexibility index (Phi) is 2.87. The van der Waals surface area contributed by atoms with E-state index in [-0.39, 0.29) is 5.75 Å². The molecule has 0 fully saturated rings. The average molecular weight is 233 g/mol. The predicted molar refractivity (Wildman–Crippen MR) is 69.3 cm³/mol. The summed E-state index contributed by atoms with van der Waals surface area (Å²) in [6.07, 6.45) is 2.67. The molecular weight excluding hydrogens is 214 g/mol. The van der Waals surface area contributed by atoms with Gasteiger partial charge in [-0.25, -0.2) is 0 Å². The van der Waals surface area contributed by atoms with Crippen LogP contribution in [0.2, 0.25) is 0 Å². The smallest absolute Gasteiger partial charge is 0.117 e. The molecule has 0 saturated carbocycles. The van der Waals surface area contributed by atoms with Gasteiger partial charge in [-0.2, -0.15) is 0 Å². The minimum Gasteiger partial charge on any atom is -0.508 e. The van der Waals surface area contributed by atoms with Crippen molar-refractivity contribution in [1.82, 2.24) is 4.57 Å². The first-order valence-electron chi connectivity index (χ1n) is 5.94. The lowest BCUT2D eigenvalue weighted by Gasteiger charge is -2.16. The van der Waals surface area contributed by atoms with Crippen molar-refractivity contribution in [2.45, 2.75) is 39.3 Å². The second kappa shape index (κ2) is 4.08. The predicted octanol–water partition coefficient (Wildman–Crippen LogP) is 2.68. The molecule has 0 amide bonds. The van der Waals surface area contributed by atoms with Gasteiger partial charge in [0.15, 0.2) is 0 Å². The zero-order valence-corrected chi connectivity index (χ0v) is 10.6. The number of nitrogens with zero attached hydrogens (tertiary/aromatic N) is 1. The maximum absolute atomic E-state index is 9.91. The van der Waals surface area contributed by atoms with Gasteiger partial charge in [-0.15, -0.1) is 0 Å². The second-order valence-electron chi connectivity index (χ2n) is 5.13. The van der Waals surface area contributed by atoms with Crippen molar-refractivity contribution in [2.75, 3.05) is 0 Å². The Morgan fingerprint density at radius 3 is 2.59 bits per heavy atom. The zero-order valence-electron chi connectivity index (χ0n) is 10.6. The van der Waals surface area contributed by atoms with Crippen LogP contribution < -0.4 is 0 Å². The van der Waals surface area contributed by atoms with E-state index >= 15 is 0 Å². The van der Waals surface area contributed by atoms with Gasteiger partial charge in [-0.3, -0.25) is 0 Å². The number of rotatable bonds is 3. The van der Waals surface area contributed by atoms with E-state index in [0.29, 0.717) is 6.42 Å². The van der Waals surface area contributed by atoms with Gasteiger partial charge in [-0.1, -0.05) is 0 Å². The SMILES string of the molecule is CCn1cc(CC(C)(C)O)c2ccc(O)cc21. The van der Waals surface area contributed by atoms with E-state index in [1.54, 1.807) is 12.1 Å². The summed E-state index contributed by atoms with van der Waals surface area (Å²) < 4.78 is 2.09. The van der Waals surface area contributed by atoms with Crippen LogP contribution in [0.15, 0.2) is 24.4 Å². The van der Waals surface area contributed by atoms with E-state index in [4.69, 9.17) is 0 Å². The highest BCUT2D eigenvalue weighted by Gasteiger charge is 2.17. The highest BCUT2D eigenvalue weighted by Crippen LogP contribution is 2.27. The Hall–Kier alpha value is -1.48. The first-order valence-corrected chi connectivity index (χ1v) is 5.94. The Labute approximate surface area is 101 Å². The standard InChI is InChI=1S/C14H19NO2/c1-4-15-9-10(8-14(2,3)17)12-6-5-11(16)7-13(12)15/h5-7,9,16-17H,4,8H2,1-3H3. The maximum atomic E-state index is 9.91. The highest BCUT2D eigenvalue weighted by atomic mass is 16.3. The van der Waals surface area contributed by atoms with Crippen LogP contribution in [0.1, 0.15) is 26.3 Å². The number of fused-ring (bicyclic) bond motifs is 1.